The zero-order chi connectivity index (χ0) is 26.8. The van der Waals surface area contributed by atoms with E-state index in [0.29, 0.717) is 24.4 Å². The minimum atomic E-state index is -3.54. The van der Waals surface area contributed by atoms with Crippen LogP contribution in [0.4, 0.5) is 11.4 Å². The number of nitrogens with one attached hydrogen (secondary N) is 3. The monoisotopic (exact) mass is 534 g/mol. The van der Waals surface area contributed by atoms with Crippen molar-refractivity contribution in [1.29, 1.82) is 0 Å². The zero-order valence-electron chi connectivity index (χ0n) is 21.4. The van der Waals surface area contributed by atoms with E-state index >= 15 is 0 Å². The first-order chi connectivity index (χ1) is 17.6. The number of carbonyl (C=O) groups excluding carboxylic acids is 1. The number of phenols is 1. The summed E-state index contributed by atoms with van der Waals surface area (Å²) >= 11 is 0. The van der Waals surface area contributed by atoms with Crippen LogP contribution in [0, 0.1) is 0 Å². The molecule has 10 nitrogen and oxygen atoms in total. The van der Waals surface area contributed by atoms with Crippen LogP contribution in [-0.2, 0) is 10.0 Å². The molecule has 1 heterocycles. The quantitative estimate of drug-likeness (QED) is 0.195. The van der Waals surface area contributed by atoms with Gasteiger partial charge in [-0.05, 0) is 55.7 Å². The highest BCUT2D eigenvalue weighted by Crippen LogP contribution is 2.28. The van der Waals surface area contributed by atoms with Crippen molar-refractivity contribution in [1.82, 2.24) is 10.6 Å². The second-order valence-corrected chi connectivity index (χ2v) is 11.1. The highest BCUT2D eigenvalue weighted by molar-refractivity contribution is 7.92. The normalized spacial score (nSPS) is 15.3. The fourth-order valence-electron chi connectivity index (χ4n) is 4.09. The molecule has 1 aliphatic rings. The number of amides is 1. The van der Waals surface area contributed by atoms with E-state index in [9.17, 15) is 23.4 Å². The van der Waals surface area contributed by atoms with Gasteiger partial charge in [0.2, 0.25) is 10.0 Å². The molecule has 204 valence electrons. The van der Waals surface area contributed by atoms with Gasteiger partial charge in [-0.2, -0.15) is 0 Å². The molecule has 0 radical (unpaired) electrons. The van der Waals surface area contributed by atoms with Crippen molar-refractivity contribution < 1.29 is 28.2 Å². The van der Waals surface area contributed by atoms with E-state index in [1.54, 1.807) is 0 Å². The fraction of sp³-hybridized carbons (Fsp3) is 0.500. The SMILES string of the molecule is CCCCNC(=O)c1ccc(N2CCC(NC[C@H](O)COc3ccc(O)c(NS(C)(=O)=O)c3)CC2)cc1. The summed E-state index contributed by atoms with van der Waals surface area (Å²) in [4.78, 5) is 14.5. The fourth-order valence-corrected chi connectivity index (χ4v) is 4.65. The third kappa shape index (κ3) is 9.42. The van der Waals surface area contributed by atoms with E-state index in [4.69, 9.17) is 4.74 Å². The van der Waals surface area contributed by atoms with Crippen LogP contribution in [0.5, 0.6) is 11.5 Å². The molecule has 1 saturated heterocycles. The van der Waals surface area contributed by atoms with Gasteiger partial charge in [0.05, 0.1) is 11.9 Å². The summed E-state index contributed by atoms with van der Waals surface area (Å²) in [6.07, 6.45) is 4.10. The molecule has 2 aromatic carbocycles. The van der Waals surface area contributed by atoms with Crippen molar-refractivity contribution in [3.05, 3.63) is 48.0 Å². The first-order valence-electron chi connectivity index (χ1n) is 12.6. The molecule has 3 rings (SSSR count). The Morgan fingerprint density at radius 1 is 1.16 bits per heavy atom. The number of sulfonamides is 1. The Hall–Kier alpha value is -3.02. The number of hydrogen-bond acceptors (Lipinski definition) is 8. The van der Waals surface area contributed by atoms with Gasteiger partial charge in [-0.3, -0.25) is 9.52 Å². The summed E-state index contributed by atoms with van der Waals surface area (Å²) in [6.45, 7) is 4.91. The van der Waals surface area contributed by atoms with Gasteiger partial charge in [0.25, 0.3) is 5.91 Å². The second-order valence-electron chi connectivity index (χ2n) is 9.34. The third-order valence-corrected chi connectivity index (χ3v) is 6.74. The molecular formula is C26H38N4O6S. The number of aliphatic hydroxyl groups is 1. The number of ether oxygens (including phenoxy) is 1. The van der Waals surface area contributed by atoms with Crippen LogP contribution >= 0.6 is 0 Å². The molecular weight excluding hydrogens is 496 g/mol. The van der Waals surface area contributed by atoms with Crippen LogP contribution in [-0.4, -0.2) is 75.7 Å². The smallest absolute Gasteiger partial charge is 0.251 e. The molecule has 0 bridgehead atoms. The summed E-state index contributed by atoms with van der Waals surface area (Å²) < 4.78 is 30.6. The summed E-state index contributed by atoms with van der Waals surface area (Å²) in [5.41, 5.74) is 1.78. The molecule has 0 aliphatic carbocycles. The maximum absolute atomic E-state index is 12.2. The molecule has 2 aromatic rings. The number of aromatic hydroxyl groups is 1. The molecule has 5 N–H and O–H groups in total. The van der Waals surface area contributed by atoms with Crippen molar-refractivity contribution in [3.63, 3.8) is 0 Å². The van der Waals surface area contributed by atoms with Gasteiger partial charge in [0, 0.05) is 49.5 Å². The lowest BCUT2D eigenvalue weighted by Crippen LogP contribution is -2.45. The molecule has 37 heavy (non-hydrogen) atoms. The Kier molecular flexibility index (Phi) is 10.4. The number of aliphatic hydroxyl groups excluding tert-OH is 1. The van der Waals surface area contributed by atoms with E-state index in [1.165, 1.54) is 18.2 Å². The number of unbranched alkanes of at least 4 members (excludes halogenated alkanes) is 1. The van der Waals surface area contributed by atoms with Crippen molar-refractivity contribution in [2.45, 2.75) is 44.8 Å². The van der Waals surface area contributed by atoms with Crippen LogP contribution in [0.2, 0.25) is 0 Å². The Balaban J connectivity index is 1.38. The highest BCUT2D eigenvalue weighted by Gasteiger charge is 2.20. The number of carbonyl (C=O) groups is 1. The first-order valence-corrected chi connectivity index (χ1v) is 14.5. The van der Waals surface area contributed by atoms with Gasteiger partial charge >= 0.3 is 0 Å². The van der Waals surface area contributed by atoms with Crippen LogP contribution < -0.4 is 25.0 Å². The topological polar surface area (TPSA) is 140 Å². The second kappa shape index (κ2) is 13.5. The highest BCUT2D eigenvalue weighted by atomic mass is 32.2. The number of benzene rings is 2. The summed E-state index contributed by atoms with van der Waals surface area (Å²) in [6, 6.07) is 12.2. The lowest BCUT2D eigenvalue weighted by atomic mass is 10.0. The van der Waals surface area contributed by atoms with Gasteiger partial charge in [0.15, 0.2) is 0 Å². The lowest BCUT2D eigenvalue weighted by Gasteiger charge is -2.34. The van der Waals surface area contributed by atoms with E-state index in [0.717, 1.165) is 50.7 Å². The molecule has 1 fully saturated rings. The van der Waals surface area contributed by atoms with Crippen LogP contribution in [0.25, 0.3) is 0 Å². The van der Waals surface area contributed by atoms with Gasteiger partial charge in [-0.1, -0.05) is 13.3 Å². The molecule has 1 aliphatic heterocycles. The Labute approximate surface area is 219 Å². The molecule has 0 spiro atoms. The number of piperidine rings is 1. The largest absolute Gasteiger partial charge is 0.506 e. The molecule has 0 unspecified atom stereocenters. The number of hydrogen-bond donors (Lipinski definition) is 5. The minimum Gasteiger partial charge on any atom is -0.506 e. The van der Waals surface area contributed by atoms with Gasteiger partial charge in [0.1, 0.15) is 24.2 Å². The molecule has 11 heteroatoms. The molecule has 0 saturated carbocycles. The van der Waals surface area contributed by atoms with Crippen molar-refractivity contribution in [2.75, 3.05) is 48.7 Å². The number of nitrogens with zero attached hydrogens (tertiary/aromatic N) is 1. The molecule has 1 atom stereocenters. The van der Waals surface area contributed by atoms with E-state index < -0.39 is 16.1 Å². The first kappa shape index (κ1) is 28.5. The summed E-state index contributed by atoms with van der Waals surface area (Å²) in [5.74, 6) is 0.0813. The average molecular weight is 535 g/mol. The van der Waals surface area contributed by atoms with Gasteiger partial charge < -0.3 is 30.5 Å². The Morgan fingerprint density at radius 3 is 2.51 bits per heavy atom. The maximum Gasteiger partial charge on any atom is 0.251 e. The van der Waals surface area contributed by atoms with Crippen LogP contribution in [0.3, 0.4) is 0 Å². The van der Waals surface area contributed by atoms with Crippen molar-refractivity contribution in [2.24, 2.45) is 0 Å². The van der Waals surface area contributed by atoms with E-state index in [-0.39, 0.29) is 30.0 Å². The predicted molar refractivity (Wildman–Crippen MR) is 145 cm³/mol. The number of rotatable bonds is 13. The van der Waals surface area contributed by atoms with Gasteiger partial charge in [-0.15, -0.1) is 0 Å². The lowest BCUT2D eigenvalue weighted by molar-refractivity contribution is 0.0953. The predicted octanol–water partition coefficient (Wildman–Crippen LogP) is 2.29. The summed E-state index contributed by atoms with van der Waals surface area (Å²) in [7, 11) is -3.54. The molecule has 0 aromatic heterocycles. The Bertz CT molecular complexity index is 1120. The van der Waals surface area contributed by atoms with E-state index in [2.05, 4.69) is 27.2 Å². The molecule has 1 amide bonds. The number of anilines is 2. The standard InChI is InChI=1S/C26H38N4O6S/c1-3-4-13-27-26(33)19-5-7-21(8-6-19)30-14-11-20(12-15-30)28-17-22(31)18-36-23-9-10-25(32)24(16-23)29-37(2,34)35/h5-10,16,20,22,28-29,31-32H,3-4,11-15,17-18H2,1-2H3,(H,27,33)/t22-/m0/s1. The minimum absolute atomic E-state index is 0.0178. The number of phenolic OH excluding ortho intramolecular Hbond substituents is 1. The maximum atomic E-state index is 12.2. The average Bonchev–Trinajstić information content (AvgIpc) is 2.87. The van der Waals surface area contributed by atoms with Crippen molar-refractivity contribution >= 4 is 27.3 Å². The van der Waals surface area contributed by atoms with Crippen molar-refractivity contribution in [3.8, 4) is 11.5 Å². The van der Waals surface area contributed by atoms with Crippen LogP contribution in [0.1, 0.15) is 43.0 Å². The third-order valence-electron chi connectivity index (χ3n) is 6.15. The zero-order valence-corrected chi connectivity index (χ0v) is 22.3. The summed E-state index contributed by atoms with van der Waals surface area (Å²) in [5, 5.41) is 26.5. The van der Waals surface area contributed by atoms with Crippen LogP contribution in [0.15, 0.2) is 42.5 Å². The Morgan fingerprint density at radius 2 is 1.86 bits per heavy atom. The van der Waals surface area contributed by atoms with E-state index in [1.807, 2.05) is 24.3 Å². The van der Waals surface area contributed by atoms with Gasteiger partial charge in [-0.25, -0.2) is 8.42 Å².